The summed E-state index contributed by atoms with van der Waals surface area (Å²) < 4.78 is 0. The van der Waals surface area contributed by atoms with E-state index in [-0.39, 0.29) is 0 Å². The van der Waals surface area contributed by atoms with Crippen LogP contribution in [0.25, 0.3) is 11.6 Å². The average Bonchev–Trinajstić information content (AvgIpc) is 2.68. The number of nitriles is 1. The van der Waals surface area contributed by atoms with Crippen LogP contribution < -0.4 is 0 Å². The van der Waals surface area contributed by atoms with Gasteiger partial charge in [0, 0.05) is 11.1 Å². The molecule has 2 aromatic heterocycles. The quantitative estimate of drug-likeness (QED) is 0.758. The first kappa shape index (κ1) is 11.5. The van der Waals surface area contributed by atoms with Gasteiger partial charge in [0.2, 0.25) is 0 Å². The average molecular weight is 241 g/mol. The van der Waals surface area contributed by atoms with Crippen molar-refractivity contribution in [1.82, 2.24) is 9.97 Å². The Morgan fingerprint density at radius 3 is 2.76 bits per heavy atom. The van der Waals surface area contributed by atoms with Crippen LogP contribution in [0.3, 0.4) is 0 Å². The van der Waals surface area contributed by atoms with Crippen molar-refractivity contribution in [3.05, 3.63) is 45.7 Å². The van der Waals surface area contributed by atoms with E-state index in [9.17, 15) is 0 Å². The maximum atomic E-state index is 9.16. The second-order valence-corrected chi connectivity index (χ2v) is 4.79. The van der Waals surface area contributed by atoms with Crippen molar-refractivity contribution in [3.63, 3.8) is 0 Å². The molecule has 0 atom stereocenters. The van der Waals surface area contributed by atoms with Crippen LogP contribution in [0.5, 0.6) is 0 Å². The predicted octanol–water partition coefficient (Wildman–Crippen LogP) is 3.22. The monoisotopic (exact) mass is 241 g/mol. The summed E-state index contributed by atoms with van der Waals surface area (Å²) in [6.07, 6.45) is 3.47. The van der Waals surface area contributed by atoms with Crippen LogP contribution >= 0.6 is 11.3 Å². The third kappa shape index (κ3) is 2.58. The molecular weight excluding hydrogens is 230 g/mol. The molecule has 0 fully saturated rings. The summed E-state index contributed by atoms with van der Waals surface area (Å²) in [4.78, 5) is 9.69. The first-order chi connectivity index (χ1) is 8.20. The lowest BCUT2D eigenvalue weighted by molar-refractivity contribution is 1.21. The number of hydrogen-bond acceptors (Lipinski definition) is 4. The molecule has 0 aliphatic carbocycles. The molecule has 0 aliphatic heterocycles. The van der Waals surface area contributed by atoms with Crippen LogP contribution in [0.1, 0.15) is 21.3 Å². The van der Waals surface area contributed by atoms with Crippen molar-refractivity contribution >= 4 is 23.0 Å². The van der Waals surface area contributed by atoms with Gasteiger partial charge in [-0.25, -0.2) is 4.98 Å². The van der Waals surface area contributed by atoms with E-state index in [1.54, 1.807) is 12.3 Å². The minimum absolute atomic E-state index is 0.560. The zero-order valence-electron chi connectivity index (χ0n) is 9.64. The number of rotatable bonds is 2. The molecule has 2 heterocycles. The summed E-state index contributed by atoms with van der Waals surface area (Å²) in [7, 11) is 0. The van der Waals surface area contributed by atoms with Crippen LogP contribution in [0.4, 0.5) is 0 Å². The van der Waals surface area contributed by atoms with E-state index in [1.807, 2.05) is 32.0 Å². The number of thiazole rings is 1. The number of hydrogen-bond donors (Lipinski definition) is 0. The standard InChI is InChI=1S/C13H11N3S/c1-9-10(2)17-13(16-9)11(8-14)7-12-5-3-4-6-15-12/h3-7H,1-2H3/b11-7+. The fourth-order valence-electron chi connectivity index (χ4n) is 1.34. The Balaban J connectivity index is 2.41. The van der Waals surface area contributed by atoms with Crippen LogP contribution in [0, 0.1) is 25.2 Å². The molecule has 0 unspecified atom stereocenters. The minimum atomic E-state index is 0.560. The highest BCUT2D eigenvalue weighted by Crippen LogP contribution is 2.24. The zero-order chi connectivity index (χ0) is 12.3. The lowest BCUT2D eigenvalue weighted by Crippen LogP contribution is -1.83. The lowest BCUT2D eigenvalue weighted by atomic mass is 10.2. The Kier molecular flexibility index (Phi) is 3.31. The van der Waals surface area contributed by atoms with Gasteiger partial charge in [0.05, 0.1) is 17.0 Å². The lowest BCUT2D eigenvalue weighted by Gasteiger charge is -1.93. The molecule has 0 bridgehead atoms. The molecule has 2 rings (SSSR count). The topological polar surface area (TPSA) is 49.6 Å². The summed E-state index contributed by atoms with van der Waals surface area (Å²) in [6.45, 7) is 3.96. The normalized spacial score (nSPS) is 11.2. The van der Waals surface area contributed by atoms with E-state index in [0.29, 0.717) is 5.57 Å². The largest absolute Gasteiger partial charge is 0.257 e. The fourth-order valence-corrected chi connectivity index (χ4v) is 2.22. The van der Waals surface area contributed by atoms with E-state index in [1.165, 1.54) is 11.3 Å². The summed E-state index contributed by atoms with van der Waals surface area (Å²) in [6, 6.07) is 7.79. The number of allylic oxidation sites excluding steroid dienone is 1. The molecule has 0 spiro atoms. The predicted molar refractivity (Wildman–Crippen MR) is 69.3 cm³/mol. The number of nitrogens with zero attached hydrogens (tertiary/aromatic N) is 3. The molecule has 0 N–H and O–H groups in total. The van der Waals surface area contributed by atoms with E-state index in [0.717, 1.165) is 21.3 Å². The highest BCUT2D eigenvalue weighted by atomic mass is 32.1. The maximum Gasteiger partial charge on any atom is 0.134 e. The van der Waals surface area contributed by atoms with Gasteiger partial charge in [0.15, 0.2) is 0 Å². The van der Waals surface area contributed by atoms with Crippen molar-refractivity contribution in [2.45, 2.75) is 13.8 Å². The van der Waals surface area contributed by atoms with Gasteiger partial charge in [-0.3, -0.25) is 4.98 Å². The van der Waals surface area contributed by atoms with Crippen molar-refractivity contribution in [1.29, 1.82) is 5.26 Å². The van der Waals surface area contributed by atoms with Crippen molar-refractivity contribution in [2.24, 2.45) is 0 Å². The molecule has 0 saturated heterocycles. The molecule has 2 aromatic rings. The van der Waals surface area contributed by atoms with Crippen molar-refractivity contribution in [2.75, 3.05) is 0 Å². The summed E-state index contributed by atoms with van der Waals surface area (Å²) >= 11 is 1.54. The summed E-state index contributed by atoms with van der Waals surface area (Å²) in [5.41, 5.74) is 2.31. The molecule has 0 saturated carbocycles. The summed E-state index contributed by atoms with van der Waals surface area (Å²) in [5, 5.41) is 9.92. The van der Waals surface area contributed by atoms with Crippen LogP contribution in [-0.4, -0.2) is 9.97 Å². The van der Waals surface area contributed by atoms with Gasteiger partial charge >= 0.3 is 0 Å². The highest BCUT2D eigenvalue weighted by molar-refractivity contribution is 7.12. The molecule has 84 valence electrons. The van der Waals surface area contributed by atoms with Gasteiger partial charge in [0.1, 0.15) is 11.1 Å². The van der Waals surface area contributed by atoms with Gasteiger partial charge in [0.25, 0.3) is 0 Å². The van der Waals surface area contributed by atoms with Gasteiger partial charge < -0.3 is 0 Å². The van der Waals surface area contributed by atoms with Gasteiger partial charge in [-0.05, 0) is 32.1 Å². The van der Waals surface area contributed by atoms with Gasteiger partial charge in [-0.2, -0.15) is 5.26 Å². The Bertz CT molecular complexity index is 571. The Morgan fingerprint density at radius 2 is 2.24 bits per heavy atom. The molecule has 3 nitrogen and oxygen atoms in total. The number of aromatic nitrogens is 2. The minimum Gasteiger partial charge on any atom is -0.257 e. The zero-order valence-corrected chi connectivity index (χ0v) is 10.5. The van der Waals surface area contributed by atoms with Crippen LogP contribution in [-0.2, 0) is 0 Å². The Hall–Kier alpha value is -1.99. The van der Waals surface area contributed by atoms with Crippen molar-refractivity contribution < 1.29 is 0 Å². The third-order valence-corrected chi connectivity index (χ3v) is 3.47. The Labute approximate surface area is 104 Å². The maximum absolute atomic E-state index is 9.16. The number of aryl methyl sites for hydroxylation is 2. The van der Waals surface area contributed by atoms with Crippen LogP contribution in [0.2, 0.25) is 0 Å². The Morgan fingerprint density at radius 1 is 1.41 bits per heavy atom. The molecule has 0 aliphatic rings. The second-order valence-electron chi connectivity index (χ2n) is 3.59. The molecular formula is C13H11N3S. The first-order valence-corrected chi connectivity index (χ1v) is 5.99. The third-order valence-electron chi connectivity index (χ3n) is 2.36. The molecule has 17 heavy (non-hydrogen) atoms. The molecule has 0 amide bonds. The SMILES string of the molecule is Cc1nc(/C(C#N)=C/c2ccccn2)sc1C. The molecule has 0 radical (unpaired) electrons. The van der Waals surface area contributed by atoms with E-state index >= 15 is 0 Å². The van der Waals surface area contributed by atoms with Crippen LogP contribution in [0.15, 0.2) is 24.4 Å². The fraction of sp³-hybridized carbons (Fsp3) is 0.154. The molecule has 0 aromatic carbocycles. The summed E-state index contributed by atoms with van der Waals surface area (Å²) in [5.74, 6) is 0. The van der Waals surface area contributed by atoms with E-state index in [4.69, 9.17) is 5.26 Å². The van der Waals surface area contributed by atoms with Crippen molar-refractivity contribution in [3.8, 4) is 6.07 Å². The van der Waals surface area contributed by atoms with Gasteiger partial charge in [-0.1, -0.05) is 6.07 Å². The van der Waals surface area contributed by atoms with E-state index in [2.05, 4.69) is 16.0 Å². The van der Waals surface area contributed by atoms with Gasteiger partial charge in [-0.15, -0.1) is 11.3 Å². The second kappa shape index (κ2) is 4.89. The number of pyridine rings is 1. The smallest absolute Gasteiger partial charge is 0.134 e. The van der Waals surface area contributed by atoms with E-state index < -0.39 is 0 Å². The first-order valence-electron chi connectivity index (χ1n) is 5.18. The molecule has 4 heteroatoms. The highest BCUT2D eigenvalue weighted by Gasteiger charge is 2.08.